The molecule has 0 radical (unpaired) electrons. The number of rotatable bonds is 4. The Bertz CT molecular complexity index is 1370. The van der Waals surface area contributed by atoms with Gasteiger partial charge in [-0.3, -0.25) is 10.1 Å². The Morgan fingerprint density at radius 2 is 1.97 bits per heavy atom. The van der Waals surface area contributed by atoms with Crippen LogP contribution in [0, 0.1) is 0 Å². The largest absolute Gasteiger partial charge is 0.490 e. The van der Waals surface area contributed by atoms with Crippen molar-refractivity contribution in [3.05, 3.63) is 59.2 Å². The molecule has 2 unspecified atom stereocenters. The molecule has 0 spiro atoms. The summed E-state index contributed by atoms with van der Waals surface area (Å²) in [6.07, 6.45) is -3.71. The molecule has 2 atom stereocenters. The van der Waals surface area contributed by atoms with Crippen molar-refractivity contribution in [2.75, 3.05) is 25.5 Å². The molecular formula is C24H24F3N5O6. The van der Waals surface area contributed by atoms with Crippen LogP contribution in [0.25, 0.3) is 11.0 Å². The molecular weight excluding hydrogens is 511 g/mol. The maximum absolute atomic E-state index is 13.3. The van der Waals surface area contributed by atoms with E-state index in [0.717, 1.165) is 19.4 Å². The van der Waals surface area contributed by atoms with Crippen LogP contribution in [0.1, 0.15) is 34.3 Å². The number of fused-ring (bicyclic) bond motifs is 2. The number of H-pyrrole nitrogens is 1. The number of carbonyl (C=O) groups is 3. The molecule has 5 N–H and O–H groups in total. The number of imidazole rings is 1. The van der Waals surface area contributed by atoms with Gasteiger partial charge in [0, 0.05) is 29.3 Å². The fourth-order valence-electron chi connectivity index (χ4n) is 4.50. The molecule has 2 aromatic carbocycles. The number of methoxy groups -OCH3 is 1. The number of alkyl halides is 3. The summed E-state index contributed by atoms with van der Waals surface area (Å²) >= 11 is 0. The smallest absolute Gasteiger partial charge is 0.475 e. The van der Waals surface area contributed by atoms with Crippen LogP contribution < -0.4 is 10.6 Å². The fraction of sp³-hybridized carbons (Fsp3) is 0.333. The number of aliphatic carboxylic acids is 1. The van der Waals surface area contributed by atoms with E-state index in [0.29, 0.717) is 34.3 Å². The summed E-state index contributed by atoms with van der Waals surface area (Å²) in [5, 5.41) is 25.0. The van der Waals surface area contributed by atoms with Crippen molar-refractivity contribution in [1.82, 2.24) is 20.2 Å². The van der Waals surface area contributed by atoms with Crippen molar-refractivity contribution >= 4 is 35.0 Å². The Hall–Kier alpha value is -4.17. The number of aliphatic hydroxyl groups is 1. The van der Waals surface area contributed by atoms with E-state index in [-0.39, 0.29) is 17.9 Å². The average molecular weight is 535 g/mol. The van der Waals surface area contributed by atoms with Crippen molar-refractivity contribution in [1.29, 1.82) is 0 Å². The van der Waals surface area contributed by atoms with Crippen molar-refractivity contribution in [2.24, 2.45) is 0 Å². The van der Waals surface area contributed by atoms with E-state index >= 15 is 0 Å². The zero-order chi connectivity index (χ0) is 27.7. The van der Waals surface area contributed by atoms with Gasteiger partial charge in [-0.25, -0.2) is 14.6 Å². The number of aromatic amines is 1. The molecule has 1 aromatic heterocycles. The Morgan fingerprint density at radius 1 is 1.26 bits per heavy atom. The topological polar surface area (TPSA) is 157 Å². The number of nitrogens with one attached hydrogen (secondary N) is 3. The lowest BCUT2D eigenvalue weighted by molar-refractivity contribution is -0.192. The summed E-state index contributed by atoms with van der Waals surface area (Å²) in [7, 11) is 1.27. The third-order valence-electron chi connectivity index (χ3n) is 6.27. The third-order valence-corrected chi connectivity index (χ3v) is 6.27. The van der Waals surface area contributed by atoms with Crippen LogP contribution in [-0.4, -0.2) is 75.5 Å². The van der Waals surface area contributed by atoms with Gasteiger partial charge in [-0.15, -0.1) is 0 Å². The predicted molar refractivity (Wildman–Crippen MR) is 127 cm³/mol. The summed E-state index contributed by atoms with van der Waals surface area (Å²) in [5.41, 5.74) is 1.23. The predicted octanol–water partition coefficient (Wildman–Crippen LogP) is 2.78. The van der Waals surface area contributed by atoms with E-state index in [9.17, 15) is 27.9 Å². The Kier molecular flexibility index (Phi) is 7.29. The number of hydrogen-bond donors (Lipinski definition) is 5. The number of amides is 2. The second-order valence-electron chi connectivity index (χ2n) is 8.66. The minimum Gasteiger partial charge on any atom is -0.475 e. The Balaban J connectivity index is 0.000000426. The van der Waals surface area contributed by atoms with Gasteiger partial charge >= 0.3 is 18.2 Å². The van der Waals surface area contributed by atoms with Gasteiger partial charge in [-0.05, 0) is 37.6 Å². The molecule has 202 valence electrons. The van der Waals surface area contributed by atoms with Gasteiger partial charge in [0.2, 0.25) is 5.95 Å². The molecule has 0 bridgehead atoms. The first kappa shape index (κ1) is 26.9. The van der Waals surface area contributed by atoms with Crippen LogP contribution in [0.4, 0.5) is 23.9 Å². The highest BCUT2D eigenvalue weighted by Gasteiger charge is 2.50. The molecule has 38 heavy (non-hydrogen) atoms. The summed E-state index contributed by atoms with van der Waals surface area (Å²) in [4.78, 5) is 42.5. The lowest BCUT2D eigenvalue weighted by Crippen LogP contribution is -2.49. The van der Waals surface area contributed by atoms with Crippen LogP contribution in [0.3, 0.4) is 0 Å². The molecule has 1 saturated heterocycles. The molecule has 2 aliphatic rings. The zero-order valence-electron chi connectivity index (χ0n) is 20.0. The minimum absolute atomic E-state index is 0.136. The second kappa shape index (κ2) is 10.3. The molecule has 14 heteroatoms. The van der Waals surface area contributed by atoms with Crippen molar-refractivity contribution in [2.45, 2.75) is 30.8 Å². The van der Waals surface area contributed by atoms with Gasteiger partial charge in [0.15, 0.2) is 5.72 Å². The molecule has 2 aliphatic heterocycles. The average Bonchev–Trinajstić information content (AvgIpc) is 3.59. The number of benzene rings is 2. The van der Waals surface area contributed by atoms with Crippen molar-refractivity contribution in [3.8, 4) is 0 Å². The monoisotopic (exact) mass is 535 g/mol. The summed E-state index contributed by atoms with van der Waals surface area (Å²) in [5.74, 6) is -2.71. The number of carboxylic acid groups (broad SMARTS) is 1. The number of nitrogens with zero attached hydrogens (tertiary/aromatic N) is 2. The molecule has 3 heterocycles. The number of carbonyl (C=O) groups excluding carboxylic acids is 2. The van der Waals surface area contributed by atoms with E-state index in [1.807, 2.05) is 6.07 Å². The standard InChI is InChI=1S/C22H23N5O4.C2HF3O2/c1-31-21(29)26-20-24-17-9-8-13(11-18(17)25-20)22(30)16-7-3-2-6-15(16)19(28)27(22)12-14-5-4-10-23-14;3-2(4,5)1(6)7/h2-3,6-9,11,14,23,30H,4-5,10,12H2,1H3,(H2,24,25,26,29);(H,6,7). The maximum Gasteiger partial charge on any atom is 0.490 e. The van der Waals surface area contributed by atoms with E-state index in [4.69, 9.17) is 9.90 Å². The first-order valence-corrected chi connectivity index (χ1v) is 11.5. The molecule has 2 amide bonds. The van der Waals surface area contributed by atoms with Gasteiger partial charge in [0.25, 0.3) is 5.91 Å². The van der Waals surface area contributed by atoms with Crippen LogP contribution >= 0.6 is 0 Å². The molecule has 11 nitrogen and oxygen atoms in total. The first-order valence-electron chi connectivity index (χ1n) is 11.5. The van der Waals surface area contributed by atoms with E-state index in [1.54, 1.807) is 41.3 Å². The number of aromatic nitrogens is 2. The molecule has 0 saturated carbocycles. The van der Waals surface area contributed by atoms with Crippen molar-refractivity contribution < 1.29 is 42.5 Å². The van der Waals surface area contributed by atoms with Gasteiger partial charge in [0.1, 0.15) is 0 Å². The normalized spacial score (nSPS) is 20.6. The van der Waals surface area contributed by atoms with Gasteiger partial charge in [0.05, 0.1) is 18.1 Å². The van der Waals surface area contributed by atoms with E-state index < -0.39 is 24.0 Å². The van der Waals surface area contributed by atoms with Crippen LogP contribution in [0.2, 0.25) is 0 Å². The Labute approximate surface area is 213 Å². The Morgan fingerprint density at radius 3 is 2.61 bits per heavy atom. The molecule has 0 aliphatic carbocycles. The minimum atomic E-state index is -5.08. The molecule has 1 fully saturated rings. The maximum atomic E-state index is 13.3. The van der Waals surface area contributed by atoms with Gasteiger partial charge < -0.3 is 30.2 Å². The zero-order valence-corrected chi connectivity index (χ0v) is 20.0. The van der Waals surface area contributed by atoms with E-state index in [2.05, 4.69) is 25.3 Å². The SMILES string of the molecule is COC(=O)Nc1nc2ccc(C3(O)c4ccccc4C(=O)N3CC3CCCN3)cc2[nH]1.O=C(O)C(F)(F)F. The number of anilines is 1. The highest BCUT2D eigenvalue weighted by Crippen LogP contribution is 2.43. The van der Waals surface area contributed by atoms with Crippen molar-refractivity contribution in [3.63, 3.8) is 0 Å². The number of ether oxygens (including phenoxy) is 1. The summed E-state index contributed by atoms with van der Waals surface area (Å²) in [6, 6.07) is 12.6. The number of carboxylic acids is 1. The highest BCUT2D eigenvalue weighted by atomic mass is 19.4. The van der Waals surface area contributed by atoms with E-state index in [1.165, 1.54) is 7.11 Å². The number of halogens is 3. The highest BCUT2D eigenvalue weighted by molar-refractivity contribution is 6.00. The third kappa shape index (κ3) is 5.13. The van der Waals surface area contributed by atoms with Gasteiger partial charge in [-0.1, -0.05) is 24.3 Å². The quantitative estimate of drug-likeness (QED) is 0.341. The molecule has 3 aromatic rings. The summed E-state index contributed by atoms with van der Waals surface area (Å²) < 4.78 is 36.3. The fourth-order valence-corrected chi connectivity index (χ4v) is 4.50. The lowest BCUT2D eigenvalue weighted by atomic mass is 9.93. The van der Waals surface area contributed by atoms with Crippen LogP contribution in [0.5, 0.6) is 0 Å². The first-order chi connectivity index (χ1) is 17.9. The van der Waals surface area contributed by atoms with Crippen LogP contribution in [-0.2, 0) is 15.3 Å². The molecule has 5 rings (SSSR count). The second-order valence-corrected chi connectivity index (χ2v) is 8.66. The van der Waals surface area contributed by atoms with Crippen LogP contribution in [0.15, 0.2) is 42.5 Å². The number of hydrogen-bond acceptors (Lipinski definition) is 7. The van der Waals surface area contributed by atoms with Gasteiger partial charge in [-0.2, -0.15) is 13.2 Å². The summed E-state index contributed by atoms with van der Waals surface area (Å²) in [6.45, 7) is 1.31. The lowest BCUT2D eigenvalue weighted by Gasteiger charge is -2.36.